The molecule has 5 nitrogen and oxygen atoms in total. The molecule has 2 aromatic rings. The Morgan fingerprint density at radius 2 is 1.97 bits per heavy atom. The summed E-state index contributed by atoms with van der Waals surface area (Å²) in [5.74, 6) is -0.729. The predicted molar refractivity (Wildman–Crippen MR) is 129 cm³/mol. The van der Waals surface area contributed by atoms with Crippen LogP contribution in [0.1, 0.15) is 50.3 Å². The zero-order chi connectivity index (χ0) is 21.8. The Kier molecular flexibility index (Phi) is 6.78. The Labute approximate surface area is 188 Å². The van der Waals surface area contributed by atoms with Gasteiger partial charge in [-0.25, -0.2) is 4.99 Å². The molecule has 162 valence electrons. The first-order chi connectivity index (χ1) is 15.1. The van der Waals surface area contributed by atoms with E-state index in [1.165, 1.54) is 26.6 Å². The average molecular weight is 436 g/mol. The highest BCUT2D eigenvalue weighted by Crippen LogP contribution is 2.46. The van der Waals surface area contributed by atoms with Crippen molar-refractivity contribution in [1.82, 2.24) is 5.32 Å². The molecule has 31 heavy (non-hydrogen) atoms. The van der Waals surface area contributed by atoms with E-state index in [1.54, 1.807) is 11.8 Å². The second-order valence-corrected chi connectivity index (χ2v) is 8.87. The van der Waals surface area contributed by atoms with Crippen LogP contribution in [0.5, 0.6) is 0 Å². The number of aliphatic carboxylic acids is 1. The van der Waals surface area contributed by atoms with E-state index in [1.807, 2.05) is 0 Å². The maximum absolute atomic E-state index is 10.7. The van der Waals surface area contributed by atoms with Crippen molar-refractivity contribution in [2.75, 3.05) is 24.5 Å². The predicted octanol–water partition coefficient (Wildman–Crippen LogP) is 5.54. The Morgan fingerprint density at radius 3 is 2.74 bits per heavy atom. The molecule has 1 aliphatic heterocycles. The smallest absolute Gasteiger partial charge is 0.303 e. The van der Waals surface area contributed by atoms with Gasteiger partial charge in [0.25, 0.3) is 0 Å². The van der Waals surface area contributed by atoms with Crippen LogP contribution >= 0.6 is 11.8 Å². The number of carbonyl (C=O) groups is 1. The van der Waals surface area contributed by atoms with E-state index in [2.05, 4.69) is 72.6 Å². The number of hydrogen-bond donors (Lipinski definition) is 2. The molecule has 0 amide bonds. The Morgan fingerprint density at radius 1 is 1.16 bits per heavy atom. The quantitative estimate of drug-likeness (QED) is 0.506. The van der Waals surface area contributed by atoms with Gasteiger partial charge < -0.3 is 15.3 Å². The molecule has 0 saturated carbocycles. The lowest BCUT2D eigenvalue weighted by Gasteiger charge is -2.30. The summed E-state index contributed by atoms with van der Waals surface area (Å²) in [6.45, 7) is 7.12. The number of anilines is 1. The standard InChI is InChI=1S/C25H29N3O2S/c1-3-28(4-2)17-12-13-20-22(15-17)31-23-16-21(26-14-8-7-11-24(29)30)18-9-5-6-10-19(18)25(23)27-20/h5-6,9-10,12-13,15-16,21,26H,3-4,7-8,11,14H2,1-2H3,(H,29,30). The van der Waals surface area contributed by atoms with Crippen LogP contribution in [0.15, 0.2) is 63.3 Å². The largest absolute Gasteiger partial charge is 0.481 e. The molecule has 1 unspecified atom stereocenters. The summed E-state index contributed by atoms with van der Waals surface area (Å²) in [5, 5.41) is 12.4. The fourth-order valence-electron chi connectivity index (χ4n) is 4.16. The van der Waals surface area contributed by atoms with Crippen LogP contribution in [0.25, 0.3) is 0 Å². The molecule has 6 heteroatoms. The van der Waals surface area contributed by atoms with Crippen LogP contribution in [0.3, 0.4) is 0 Å². The molecular formula is C25H29N3O2S. The topological polar surface area (TPSA) is 64.9 Å². The molecule has 4 rings (SSSR count). The van der Waals surface area contributed by atoms with Gasteiger partial charge in [-0.3, -0.25) is 4.79 Å². The molecule has 0 saturated heterocycles. The van der Waals surface area contributed by atoms with Crippen LogP contribution in [0, 0.1) is 0 Å². The third kappa shape index (κ3) is 4.70. The molecule has 0 bridgehead atoms. The van der Waals surface area contributed by atoms with Crippen molar-refractivity contribution in [2.24, 2.45) is 4.99 Å². The number of rotatable bonds is 9. The molecule has 2 N–H and O–H groups in total. The van der Waals surface area contributed by atoms with Gasteiger partial charge in [0.05, 0.1) is 17.4 Å². The first kappa shape index (κ1) is 21.7. The van der Waals surface area contributed by atoms with E-state index in [0.29, 0.717) is 6.42 Å². The number of fused-ring (bicyclic) bond motifs is 4. The Hall–Kier alpha value is -2.57. The van der Waals surface area contributed by atoms with Gasteiger partial charge in [-0.15, -0.1) is 0 Å². The first-order valence-electron chi connectivity index (χ1n) is 11.0. The van der Waals surface area contributed by atoms with Gasteiger partial charge in [-0.2, -0.15) is 0 Å². The maximum Gasteiger partial charge on any atom is 0.303 e. The third-order valence-electron chi connectivity index (χ3n) is 5.81. The maximum atomic E-state index is 10.7. The molecule has 1 atom stereocenters. The second kappa shape index (κ2) is 9.71. The van der Waals surface area contributed by atoms with Gasteiger partial charge in [0, 0.05) is 40.6 Å². The number of unbranched alkanes of at least 4 members (excludes halogenated alkanes) is 1. The monoisotopic (exact) mass is 435 g/mol. The van der Waals surface area contributed by atoms with Gasteiger partial charge in [0.15, 0.2) is 0 Å². The van der Waals surface area contributed by atoms with Crippen molar-refractivity contribution in [3.05, 3.63) is 64.6 Å². The van der Waals surface area contributed by atoms with Gasteiger partial charge in [-0.1, -0.05) is 36.0 Å². The number of allylic oxidation sites excluding steroid dienone is 1. The van der Waals surface area contributed by atoms with E-state index in [9.17, 15) is 4.79 Å². The number of carboxylic acid groups (broad SMARTS) is 1. The van der Waals surface area contributed by atoms with Crippen molar-refractivity contribution < 1.29 is 9.90 Å². The average Bonchev–Trinajstić information content (AvgIpc) is 2.78. The van der Waals surface area contributed by atoms with E-state index in [4.69, 9.17) is 10.1 Å². The van der Waals surface area contributed by atoms with E-state index in [-0.39, 0.29) is 12.5 Å². The number of carboxylic acids is 1. The minimum absolute atomic E-state index is 0.106. The number of aliphatic imine (C=N–C) groups is 1. The fraction of sp³-hybridized carbons (Fsp3) is 0.360. The van der Waals surface area contributed by atoms with Crippen LogP contribution in [-0.4, -0.2) is 36.4 Å². The summed E-state index contributed by atoms with van der Waals surface area (Å²) in [6, 6.07) is 15.1. The molecule has 1 aliphatic carbocycles. The van der Waals surface area contributed by atoms with Crippen LogP contribution in [0.4, 0.5) is 11.4 Å². The zero-order valence-electron chi connectivity index (χ0n) is 18.1. The summed E-state index contributed by atoms with van der Waals surface area (Å²) >= 11 is 1.79. The molecule has 2 aromatic carbocycles. The lowest BCUT2D eigenvalue weighted by atomic mass is 9.91. The summed E-state index contributed by atoms with van der Waals surface area (Å²) in [4.78, 5) is 20.5. The van der Waals surface area contributed by atoms with Crippen LogP contribution < -0.4 is 10.2 Å². The summed E-state index contributed by atoms with van der Waals surface area (Å²) in [6.07, 6.45) is 4.03. The molecule has 0 spiro atoms. The van der Waals surface area contributed by atoms with Crippen molar-refractivity contribution in [2.45, 2.75) is 44.0 Å². The molecule has 0 radical (unpaired) electrons. The second-order valence-electron chi connectivity index (χ2n) is 7.79. The molecule has 2 aliphatic rings. The van der Waals surface area contributed by atoms with Gasteiger partial charge >= 0.3 is 5.97 Å². The molecular weight excluding hydrogens is 406 g/mol. The van der Waals surface area contributed by atoms with Crippen LogP contribution in [0.2, 0.25) is 0 Å². The lowest BCUT2D eigenvalue weighted by Crippen LogP contribution is -2.27. The zero-order valence-corrected chi connectivity index (χ0v) is 18.9. The van der Waals surface area contributed by atoms with Crippen LogP contribution in [-0.2, 0) is 4.79 Å². The fourth-order valence-corrected chi connectivity index (χ4v) is 5.25. The number of thioether (sulfide) groups is 1. The minimum Gasteiger partial charge on any atom is -0.481 e. The van der Waals surface area contributed by atoms with Crippen molar-refractivity contribution in [3.8, 4) is 0 Å². The van der Waals surface area contributed by atoms with Gasteiger partial charge in [0.2, 0.25) is 0 Å². The van der Waals surface area contributed by atoms with E-state index >= 15 is 0 Å². The van der Waals surface area contributed by atoms with Crippen molar-refractivity contribution in [1.29, 1.82) is 0 Å². The van der Waals surface area contributed by atoms with E-state index < -0.39 is 5.97 Å². The summed E-state index contributed by atoms with van der Waals surface area (Å²) in [7, 11) is 0. The highest BCUT2D eigenvalue weighted by atomic mass is 32.2. The summed E-state index contributed by atoms with van der Waals surface area (Å²) < 4.78 is 0. The number of benzene rings is 2. The Bertz CT molecular complexity index is 1030. The number of nitrogens with zero attached hydrogens (tertiary/aromatic N) is 2. The normalized spacial score (nSPS) is 16.5. The SMILES string of the molecule is CCN(CC)c1ccc2c(c1)SC1=CC(NCCCCC(=O)O)c3ccccc3C1=N2. The third-order valence-corrected chi connectivity index (χ3v) is 6.90. The first-order valence-corrected chi connectivity index (χ1v) is 11.8. The number of hydrogen-bond acceptors (Lipinski definition) is 5. The van der Waals surface area contributed by atoms with Crippen molar-refractivity contribution >= 4 is 34.8 Å². The van der Waals surface area contributed by atoms with E-state index in [0.717, 1.165) is 37.5 Å². The lowest BCUT2D eigenvalue weighted by molar-refractivity contribution is -0.137. The van der Waals surface area contributed by atoms with Crippen molar-refractivity contribution in [3.63, 3.8) is 0 Å². The molecule has 1 heterocycles. The highest BCUT2D eigenvalue weighted by Gasteiger charge is 2.29. The summed E-state index contributed by atoms with van der Waals surface area (Å²) in [5.41, 5.74) is 5.72. The Balaban J connectivity index is 1.60. The molecule has 0 aromatic heterocycles. The minimum atomic E-state index is -0.729. The highest BCUT2D eigenvalue weighted by molar-refractivity contribution is 8.04. The number of nitrogens with one attached hydrogen (secondary N) is 1. The van der Waals surface area contributed by atoms with Gasteiger partial charge in [0.1, 0.15) is 0 Å². The van der Waals surface area contributed by atoms with Gasteiger partial charge in [-0.05, 0) is 63.1 Å². The molecule has 0 fully saturated rings.